The lowest BCUT2D eigenvalue weighted by Gasteiger charge is -1.92. The largest absolute Gasteiger partial charge is 0.379 e. The van der Waals surface area contributed by atoms with Gasteiger partial charge in [0.1, 0.15) is 0 Å². The van der Waals surface area contributed by atoms with Gasteiger partial charge < -0.3 is 5.73 Å². The monoisotopic (exact) mass is 99.1 g/mol. The van der Waals surface area contributed by atoms with Crippen molar-refractivity contribution in [2.45, 2.75) is 19.7 Å². The summed E-state index contributed by atoms with van der Waals surface area (Å²) in [6.45, 7) is 3.93. The summed E-state index contributed by atoms with van der Waals surface area (Å²) in [5.41, 5.74) is 4.85. The van der Waals surface area contributed by atoms with Crippen molar-refractivity contribution >= 4 is 13.1 Å². The van der Waals surface area contributed by atoms with Crippen LogP contribution in [0.5, 0.6) is 0 Å². The molecule has 0 aliphatic heterocycles. The molecule has 3 heteroatoms. The Morgan fingerprint density at radius 2 is 2.14 bits per heavy atom. The molecule has 0 aromatic rings. The first-order valence-corrected chi connectivity index (χ1v) is 2.41. The molecule has 1 amide bonds. The van der Waals surface area contributed by atoms with Crippen LogP contribution >= 0.6 is 0 Å². The normalized spacial score (nSPS) is 9.00. The third-order valence-corrected chi connectivity index (χ3v) is 0.609. The predicted octanol–water partition coefficient (Wildman–Crippen LogP) is 0.330. The highest BCUT2D eigenvalue weighted by Gasteiger charge is 2.00. The average molecular weight is 98.9 g/mol. The van der Waals surface area contributed by atoms with Crippen LogP contribution in [0, 0.1) is 0 Å². The van der Waals surface area contributed by atoms with E-state index in [1.165, 1.54) is 0 Å². The van der Waals surface area contributed by atoms with Crippen LogP contribution in [0.25, 0.3) is 0 Å². The van der Waals surface area contributed by atoms with E-state index in [9.17, 15) is 4.79 Å². The van der Waals surface area contributed by atoms with Gasteiger partial charge >= 0.3 is 0 Å². The maximum Gasteiger partial charge on any atom is 0.236 e. The van der Waals surface area contributed by atoms with Gasteiger partial charge in [0.25, 0.3) is 0 Å². The number of hydrogen-bond donors (Lipinski definition) is 1. The average Bonchev–Trinajstić information content (AvgIpc) is 1.27. The van der Waals surface area contributed by atoms with Gasteiger partial charge in [-0.15, -0.1) is 0 Å². The molecule has 0 unspecified atom stereocenters. The lowest BCUT2D eigenvalue weighted by molar-refractivity contribution is 0.265. The molecule has 0 aromatic carbocycles. The highest BCUT2D eigenvalue weighted by Crippen LogP contribution is 1.94. The number of carbonyl (C=O) groups excluding carboxylic acids is 1. The number of rotatable bonds is 2. The Bertz CT molecular complexity index is 72.1. The second-order valence-corrected chi connectivity index (χ2v) is 2.06. The fourth-order valence-corrected chi connectivity index (χ4v) is 0.402. The molecule has 0 aliphatic carbocycles. The van der Waals surface area contributed by atoms with Gasteiger partial charge in [0.15, 0.2) is 5.81 Å². The molecule has 0 fully saturated rings. The maximum atomic E-state index is 10.0. The SMILES string of the molecule is CC(C)BC(N)=O. The lowest BCUT2D eigenvalue weighted by Crippen LogP contribution is -2.19. The van der Waals surface area contributed by atoms with Gasteiger partial charge in [-0.25, -0.2) is 0 Å². The highest BCUT2D eigenvalue weighted by molar-refractivity contribution is 6.74. The smallest absolute Gasteiger partial charge is 0.236 e. The molecule has 0 rings (SSSR count). The van der Waals surface area contributed by atoms with E-state index >= 15 is 0 Å². The van der Waals surface area contributed by atoms with E-state index in [4.69, 9.17) is 5.73 Å². The first-order valence-electron chi connectivity index (χ1n) is 2.41. The van der Waals surface area contributed by atoms with Gasteiger partial charge in [0, 0.05) is 0 Å². The molecule has 0 saturated heterocycles. The van der Waals surface area contributed by atoms with Gasteiger partial charge in [-0.2, -0.15) is 0 Å². The zero-order chi connectivity index (χ0) is 5.86. The summed E-state index contributed by atoms with van der Waals surface area (Å²) in [6.07, 6.45) is 0. The minimum Gasteiger partial charge on any atom is -0.379 e. The number of nitrogens with two attached hydrogens (primary N) is 1. The van der Waals surface area contributed by atoms with Crippen LogP contribution < -0.4 is 5.73 Å². The van der Waals surface area contributed by atoms with E-state index in [0.717, 1.165) is 0 Å². The van der Waals surface area contributed by atoms with Crippen molar-refractivity contribution in [1.82, 2.24) is 0 Å². The number of hydrogen-bond acceptors (Lipinski definition) is 1. The van der Waals surface area contributed by atoms with Crippen molar-refractivity contribution in [3.63, 3.8) is 0 Å². The van der Waals surface area contributed by atoms with Crippen LogP contribution in [0.2, 0.25) is 5.82 Å². The zero-order valence-corrected chi connectivity index (χ0v) is 4.77. The van der Waals surface area contributed by atoms with E-state index in [1.54, 1.807) is 0 Å². The van der Waals surface area contributed by atoms with E-state index in [0.29, 0.717) is 13.1 Å². The third kappa shape index (κ3) is 5.53. The Morgan fingerprint density at radius 3 is 2.14 bits per heavy atom. The minimum atomic E-state index is -0.213. The highest BCUT2D eigenvalue weighted by atomic mass is 16.1. The van der Waals surface area contributed by atoms with Crippen LogP contribution in [0.1, 0.15) is 13.8 Å². The van der Waals surface area contributed by atoms with Crippen LogP contribution in [0.4, 0.5) is 4.79 Å². The second kappa shape index (κ2) is 2.67. The predicted molar refractivity (Wildman–Crippen MR) is 31.8 cm³/mol. The minimum absolute atomic E-state index is 0.213. The number of primary amides is 1. The molecule has 0 spiro atoms. The number of carbonyl (C=O) groups is 1. The Balaban J connectivity index is 3.13. The summed E-state index contributed by atoms with van der Waals surface area (Å²) in [4.78, 5) is 10.0. The molecule has 0 atom stereocenters. The van der Waals surface area contributed by atoms with Crippen molar-refractivity contribution < 1.29 is 4.79 Å². The molecule has 40 valence electrons. The van der Waals surface area contributed by atoms with Gasteiger partial charge in [0.05, 0.1) is 0 Å². The molecular weight excluding hydrogens is 88.9 g/mol. The fraction of sp³-hybridized carbons (Fsp3) is 0.750. The molecule has 0 aromatic heterocycles. The van der Waals surface area contributed by atoms with Crippen LogP contribution in [0.3, 0.4) is 0 Å². The molecule has 0 radical (unpaired) electrons. The van der Waals surface area contributed by atoms with Gasteiger partial charge in [-0.05, 0) is 0 Å². The molecular formula is C4H10BNO. The Labute approximate surface area is 44.3 Å². The third-order valence-electron chi connectivity index (χ3n) is 0.609. The van der Waals surface area contributed by atoms with E-state index < -0.39 is 0 Å². The molecule has 0 bridgehead atoms. The molecule has 2 N–H and O–H groups in total. The van der Waals surface area contributed by atoms with E-state index in [1.807, 2.05) is 13.8 Å². The first-order chi connectivity index (χ1) is 3.13. The van der Waals surface area contributed by atoms with Crippen LogP contribution in [-0.4, -0.2) is 13.1 Å². The van der Waals surface area contributed by atoms with Gasteiger partial charge in [-0.1, -0.05) is 19.7 Å². The van der Waals surface area contributed by atoms with Crippen molar-refractivity contribution in [2.75, 3.05) is 0 Å². The van der Waals surface area contributed by atoms with Crippen LogP contribution in [-0.2, 0) is 0 Å². The summed E-state index contributed by atoms with van der Waals surface area (Å²) in [5.74, 6) is 0.188. The zero-order valence-electron chi connectivity index (χ0n) is 4.77. The van der Waals surface area contributed by atoms with E-state index in [2.05, 4.69) is 0 Å². The molecule has 7 heavy (non-hydrogen) atoms. The maximum absolute atomic E-state index is 10.0. The summed E-state index contributed by atoms with van der Waals surface area (Å²) >= 11 is 0. The molecule has 0 aliphatic rings. The van der Waals surface area contributed by atoms with E-state index in [-0.39, 0.29) is 5.81 Å². The Morgan fingerprint density at radius 1 is 1.71 bits per heavy atom. The summed E-state index contributed by atoms with van der Waals surface area (Å²) < 4.78 is 0. The van der Waals surface area contributed by atoms with Gasteiger partial charge in [0.2, 0.25) is 7.28 Å². The van der Waals surface area contributed by atoms with Crippen molar-refractivity contribution in [1.29, 1.82) is 0 Å². The first kappa shape index (κ1) is 6.53. The van der Waals surface area contributed by atoms with Crippen molar-refractivity contribution in [3.8, 4) is 0 Å². The standard InChI is InChI=1S/C4H10BNO/c1-3(2)5-4(6)7/h3,5H,1-2H3,(H2,6,7). The topological polar surface area (TPSA) is 43.1 Å². The van der Waals surface area contributed by atoms with Crippen LogP contribution in [0.15, 0.2) is 0 Å². The summed E-state index contributed by atoms with van der Waals surface area (Å²) in [6, 6.07) is 0. The molecule has 0 heterocycles. The van der Waals surface area contributed by atoms with Crippen molar-refractivity contribution in [3.05, 3.63) is 0 Å². The fourth-order valence-electron chi connectivity index (χ4n) is 0.402. The second-order valence-electron chi connectivity index (χ2n) is 2.06. The molecule has 2 nitrogen and oxygen atoms in total. The number of amides is 1. The lowest BCUT2D eigenvalue weighted by atomic mass is 9.66. The summed E-state index contributed by atoms with van der Waals surface area (Å²) in [7, 11) is 0.500. The van der Waals surface area contributed by atoms with Gasteiger partial charge in [-0.3, -0.25) is 4.79 Å². The van der Waals surface area contributed by atoms with Crippen molar-refractivity contribution in [2.24, 2.45) is 5.73 Å². The summed E-state index contributed by atoms with van der Waals surface area (Å²) in [5, 5.41) is 0. The quantitative estimate of drug-likeness (QED) is 0.498. The molecule has 0 saturated carbocycles. The Hall–Kier alpha value is -0.465. The Kier molecular flexibility index (Phi) is 2.49.